The highest BCUT2D eigenvalue weighted by Gasteiger charge is 2.19. The lowest BCUT2D eigenvalue weighted by atomic mass is 10.0. The molecular formula is C19H32N2. The zero-order valence-electron chi connectivity index (χ0n) is 14.5. The van der Waals surface area contributed by atoms with E-state index in [1.165, 1.54) is 49.0 Å². The fraction of sp³-hybridized carbons (Fsp3) is 0.684. The monoisotopic (exact) mass is 288 g/mol. The fourth-order valence-corrected chi connectivity index (χ4v) is 3.27. The van der Waals surface area contributed by atoms with Crippen LogP contribution in [0.15, 0.2) is 18.2 Å². The van der Waals surface area contributed by atoms with Gasteiger partial charge in [0.2, 0.25) is 0 Å². The van der Waals surface area contributed by atoms with Gasteiger partial charge in [0.25, 0.3) is 0 Å². The number of rotatable bonds is 5. The molecule has 118 valence electrons. The second-order valence-electron chi connectivity index (χ2n) is 7.77. The van der Waals surface area contributed by atoms with Gasteiger partial charge < -0.3 is 10.2 Å². The Morgan fingerprint density at radius 3 is 2.48 bits per heavy atom. The van der Waals surface area contributed by atoms with Crippen molar-refractivity contribution in [3.8, 4) is 0 Å². The lowest BCUT2D eigenvalue weighted by Crippen LogP contribution is -2.35. The third kappa shape index (κ3) is 5.03. The van der Waals surface area contributed by atoms with Crippen LogP contribution in [-0.4, -0.2) is 19.1 Å². The van der Waals surface area contributed by atoms with E-state index >= 15 is 0 Å². The van der Waals surface area contributed by atoms with Crippen molar-refractivity contribution >= 4 is 5.69 Å². The summed E-state index contributed by atoms with van der Waals surface area (Å²) in [5, 5.41) is 3.63. The van der Waals surface area contributed by atoms with Crippen molar-refractivity contribution in [1.82, 2.24) is 5.32 Å². The first-order valence-corrected chi connectivity index (χ1v) is 8.41. The molecule has 0 bridgehead atoms. The second kappa shape index (κ2) is 6.83. The summed E-state index contributed by atoms with van der Waals surface area (Å²) in [4.78, 5) is 2.47. The normalized spacial score (nSPS) is 16.4. The van der Waals surface area contributed by atoms with Gasteiger partial charge in [0.05, 0.1) is 0 Å². The van der Waals surface area contributed by atoms with Gasteiger partial charge in [-0.3, -0.25) is 0 Å². The summed E-state index contributed by atoms with van der Waals surface area (Å²) in [7, 11) is 2.25. The molecule has 1 N–H and O–H groups in total. The Bertz CT molecular complexity index is 453. The smallest absolute Gasteiger partial charge is 0.0409 e. The van der Waals surface area contributed by atoms with Gasteiger partial charge >= 0.3 is 0 Å². The van der Waals surface area contributed by atoms with E-state index < -0.39 is 0 Å². The van der Waals surface area contributed by atoms with Gasteiger partial charge in [-0.25, -0.2) is 0 Å². The van der Waals surface area contributed by atoms with E-state index in [2.05, 4.69) is 63.2 Å². The highest BCUT2D eigenvalue weighted by molar-refractivity contribution is 5.54. The third-order valence-corrected chi connectivity index (χ3v) is 4.46. The zero-order chi connectivity index (χ0) is 15.5. The molecule has 21 heavy (non-hydrogen) atoms. The standard InChI is InChI=1S/C19H32N2/c1-15-10-11-18(17(12-15)13-20-19(2,3)4)21(5)14-16-8-6-7-9-16/h10-12,16,20H,6-9,13-14H2,1-5H3. The van der Waals surface area contributed by atoms with E-state index in [1.54, 1.807) is 0 Å². The number of aryl methyl sites for hydroxylation is 1. The Balaban J connectivity index is 2.09. The Labute approximate surface area is 130 Å². The van der Waals surface area contributed by atoms with Crippen molar-refractivity contribution in [3.63, 3.8) is 0 Å². The van der Waals surface area contributed by atoms with Gasteiger partial charge in [-0.15, -0.1) is 0 Å². The first-order chi connectivity index (χ1) is 9.85. The fourth-order valence-electron chi connectivity index (χ4n) is 3.27. The van der Waals surface area contributed by atoms with Crippen LogP contribution in [0.3, 0.4) is 0 Å². The molecule has 0 saturated heterocycles. The summed E-state index contributed by atoms with van der Waals surface area (Å²) in [5.74, 6) is 0.889. The van der Waals surface area contributed by atoms with Crippen molar-refractivity contribution in [2.45, 2.75) is 65.5 Å². The molecule has 0 amide bonds. The molecule has 1 saturated carbocycles. The van der Waals surface area contributed by atoms with Gasteiger partial charge in [0.15, 0.2) is 0 Å². The quantitative estimate of drug-likeness (QED) is 0.857. The maximum atomic E-state index is 3.63. The van der Waals surface area contributed by atoms with E-state index in [0.29, 0.717) is 0 Å². The molecule has 2 rings (SSSR count). The summed E-state index contributed by atoms with van der Waals surface area (Å²) in [5.41, 5.74) is 4.32. The molecule has 0 atom stereocenters. The summed E-state index contributed by atoms with van der Waals surface area (Å²) < 4.78 is 0. The summed E-state index contributed by atoms with van der Waals surface area (Å²) in [6, 6.07) is 6.87. The van der Waals surface area contributed by atoms with Crippen LogP contribution in [0, 0.1) is 12.8 Å². The lowest BCUT2D eigenvalue weighted by molar-refractivity contribution is 0.424. The number of hydrogen-bond acceptors (Lipinski definition) is 2. The minimum Gasteiger partial charge on any atom is -0.374 e. The number of nitrogens with one attached hydrogen (secondary N) is 1. The van der Waals surface area contributed by atoms with Crippen molar-refractivity contribution in [3.05, 3.63) is 29.3 Å². The average molecular weight is 288 g/mol. The Hall–Kier alpha value is -1.02. The van der Waals surface area contributed by atoms with Gasteiger partial charge in [0.1, 0.15) is 0 Å². The van der Waals surface area contributed by atoms with Crippen LogP contribution < -0.4 is 10.2 Å². The van der Waals surface area contributed by atoms with Crippen LogP contribution in [0.2, 0.25) is 0 Å². The molecule has 2 heteroatoms. The van der Waals surface area contributed by atoms with Crippen LogP contribution in [0.1, 0.15) is 57.6 Å². The molecule has 1 fully saturated rings. The number of anilines is 1. The molecule has 0 radical (unpaired) electrons. The topological polar surface area (TPSA) is 15.3 Å². The highest BCUT2D eigenvalue weighted by Crippen LogP contribution is 2.28. The third-order valence-electron chi connectivity index (χ3n) is 4.46. The number of benzene rings is 1. The molecule has 1 aliphatic rings. The van der Waals surface area contributed by atoms with Gasteiger partial charge in [0, 0.05) is 31.4 Å². The SMILES string of the molecule is Cc1ccc(N(C)CC2CCCC2)c(CNC(C)(C)C)c1. The summed E-state index contributed by atoms with van der Waals surface area (Å²) in [6.07, 6.45) is 5.66. The highest BCUT2D eigenvalue weighted by atomic mass is 15.1. The molecule has 0 aliphatic heterocycles. The molecule has 1 aliphatic carbocycles. The maximum Gasteiger partial charge on any atom is 0.0409 e. The average Bonchev–Trinajstić information content (AvgIpc) is 2.88. The Morgan fingerprint density at radius 2 is 1.86 bits per heavy atom. The predicted octanol–water partition coefficient (Wildman–Crippen LogP) is 4.51. The van der Waals surface area contributed by atoms with Crippen LogP contribution in [0.4, 0.5) is 5.69 Å². The molecule has 0 aromatic heterocycles. The van der Waals surface area contributed by atoms with E-state index in [9.17, 15) is 0 Å². The number of hydrogen-bond donors (Lipinski definition) is 1. The van der Waals surface area contributed by atoms with Crippen LogP contribution in [0.25, 0.3) is 0 Å². The van der Waals surface area contributed by atoms with E-state index in [1.807, 2.05) is 0 Å². The number of nitrogens with zero attached hydrogens (tertiary/aromatic N) is 1. The van der Waals surface area contributed by atoms with Crippen molar-refractivity contribution in [2.24, 2.45) is 5.92 Å². The summed E-state index contributed by atoms with van der Waals surface area (Å²) in [6.45, 7) is 11.0. The molecular weight excluding hydrogens is 256 g/mol. The van der Waals surface area contributed by atoms with Crippen LogP contribution >= 0.6 is 0 Å². The molecule has 0 spiro atoms. The Morgan fingerprint density at radius 1 is 1.19 bits per heavy atom. The van der Waals surface area contributed by atoms with Gasteiger partial charge in [-0.1, -0.05) is 30.5 Å². The first-order valence-electron chi connectivity index (χ1n) is 8.41. The van der Waals surface area contributed by atoms with E-state index in [0.717, 1.165) is 12.5 Å². The molecule has 1 aromatic carbocycles. The minimum absolute atomic E-state index is 0.158. The van der Waals surface area contributed by atoms with Gasteiger partial charge in [-0.05, 0) is 58.1 Å². The molecule has 1 aromatic rings. The van der Waals surface area contributed by atoms with Crippen LogP contribution in [-0.2, 0) is 6.54 Å². The summed E-state index contributed by atoms with van der Waals surface area (Å²) >= 11 is 0. The van der Waals surface area contributed by atoms with Crippen molar-refractivity contribution in [1.29, 1.82) is 0 Å². The molecule has 0 unspecified atom stereocenters. The second-order valence-corrected chi connectivity index (χ2v) is 7.77. The largest absolute Gasteiger partial charge is 0.374 e. The Kier molecular flexibility index (Phi) is 5.32. The van der Waals surface area contributed by atoms with Crippen molar-refractivity contribution in [2.75, 3.05) is 18.5 Å². The van der Waals surface area contributed by atoms with E-state index in [4.69, 9.17) is 0 Å². The van der Waals surface area contributed by atoms with Gasteiger partial charge in [-0.2, -0.15) is 0 Å². The maximum absolute atomic E-state index is 3.63. The molecule has 2 nitrogen and oxygen atoms in total. The first kappa shape index (κ1) is 16.4. The zero-order valence-corrected chi connectivity index (χ0v) is 14.5. The van der Waals surface area contributed by atoms with E-state index in [-0.39, 0.29) is 5.54 Å². The predicted molar refractivity (Wildman–Crippen MR) is 93.0 cm³/mol. The lowest BCUT2D eigenvalue weighted by Gasteiger charge is -2.28. The minimum atomic E-state index is 0.158. The molecule has 0 heterocycles. The van der Waals surface area contributed by atoms with Crippen LogP contribution in [0.5, 0.6) is 0 Å². The van der Waals surface area contributed by atoms with Crippen molar-refractivity contribution < 1.29 is 0 Å².